The third-order valence-electron chi connectivity index (χ3n) is 13.6. The maximum Gasteiger partial charge on any atom is 0.309 e. The zero-order valence-corrected chi connectivity index (χ0v) is 22.2. The predicted molar refractivity (Wildman–Crippen MR) is 134 cm³/mol. The number of aliphatic hydroxyl groups excluding tert-OH is 2. The normalized spacial score (nSPS) is 56.6. The van der Waals surface area contributed by atoms with Gasteiger partial charge in [-0.2, -0.15) is 0 Å². The van der Waals surface area contributed by atoms with Gasteiger partial charge in [-0.05, 0) is 117 Å². The maximum absolute atomic E-state index is 12.8. The Bertz CT molecular complexity index is 883. The minimum atomic E-state index is -0.567. The number of aliphatic carboxylic acids is 1. The fourth-order valence-corrected chi connectivity index (χ4v) is 11.5. The standard InChI is InChI=1S/C30H48O4/c1-18(2)19-9-14-30(25(33)34)16-15-28(5)20(24(19)30)7-8-22-26(3)12-11-23(32)27(4,17-31)21(26)10-13-29(22,28)6/h19-24,31-32H,1,7-17H2,2-6H3,(H,33,34)/t19?,20?,21?,22?,23-,24?,26-,27-,28+,29+,30-/m0/s1. The summed E-state index contributed by atoms with van der Waals surface area (Å²) in [6.45, 7) is 16.2. The van der Waals surface area contributed by atoms with Crippen molar-refractivity contribution >= 4 is 5.97 Å². The van der Waals surface area contributed by atoms with Crippen LogP contribution >= 0.6 is 0 Å². The van der Waals surface area contributed by atoms with Crippen molar-refractivity contribution in [2.45, 2.75) is 105 Å². The van der Waals surface area contributed by atoms with Gasteiger partial charge in [-0.15, -0.1) is 0 Å². The van der Waals surface area contributed by atoms with Crippen LogP contribution in [0.2, 0.25) is 0 Å². The number of hydrogen-bond donors (Lipinski definition) is 3. The number of hydrogen-bond acceptors (Lipinski definition) is 3. The molecule has 0 saturated heterocycles. The van der Waals surface area contributed by atoms with E-state index in [1.165, 1.54) is 5.57 Å². The molecule has 0 spiro atoms. The number of allylic oxidation sites excluding steroid dienone is 1. The molecule has 5 rings (SSSR count). The van der Waals surface area contributed by atoms with Crippen molar-refractivity contribution in [3.63, 3.8) is 0 Å². The van der Waals surface area contributed by atoms with E-state index >= 15 is 0 Å². The first-order valence-corrected chi connectivity index (χ1v) is 14.0. The molecule has 5 unspecified atom stereocenters. The first-order chi connectivity index (χ1) is 15.8. The number of carboxylic acid groups (broad SMARTS) is 1. The van der Waals surface area contributed by atoms with Crippen LogP contribution in [0.25, 0.3) is 0 Å². The fourth-order valence-electron chi connectivity index (χ4n) is 11.5. The van der Waals surface area contributed by atoms with E-state index in [-0.39, 0.29) is 28.8 Å². The zero-order chi connectivity index (χ0) is 24.9. The number of rotatable bonds is 3. The van der Waals surface area contributed by atoms with Crippen LogP contribution in [0.5, 0.6) is 0 Å². The van der Waals surface area contributed by atoms with Gasteiger partial charge in [0.2, 0.25) is 0 Å². The van der Waals surface area contributed by atoms with Crippen LogP contribution in [-0.2, 0) is 4.79 Å². The van der Waals surface area contributed by atoms with E-state index in [0.29, 0.717) is 23.7 Å². The number of aliphatic hydroxyl groups is 2. The Kier molecular flexibility index (Phi) is 5.52. The highest BCUT2D eigenvalue weighted by Crippen LogP contribution is 2.77. The second-order valence-electron chi connectivity index (χ2n) is 14.4. The molecule has 0 amide bonds. The minimum absolute atomic E-state index is 0.0568. The van der Waals surface area contributed by atoms with Crippen LogP contribution < -0.4 is 0 Å². The molecule has 5 saturated carbocycles. The SMILES string of the molecule is C=C(C)C1CC[C@]2(C(=O)O)CC[C@]3(C)C(CCC4[C@@]5(C)CC[C@H](O)[C@@](C)(CO)C5CC[C@]43C)C12. The van der Waals surface area contributed by atoms with E-state index in [2.05, 4.69) is 41.2 Å². The molecule has 4 heteroatoms. The third kappa shape index (κ3) is 2.76. The highest BCUT2D eigenvalue weighted by Gasteiger charge is 2.72. The summed E-state index contributed by atoms with van der Waals surface area (Å²) >= 11 is 0. The Hall–Kier alpha value is -0.870. The molecule has 0 bridgehead atoms. The first kappa shape index (κ1) is 24.8. The molecule has 0 heterocycles. The number of carbonyl (C=O) groups is 1. The lowest BCUT2D eigenvalue weighted by molar-refractivity contribution is -0.254. The van der Waals surface area contributed by atoms with Crippen LogP contribution in [0.15, 0.2) is 12.2 Å². The second kappa shape index (κ2) is 7.57. The molecule has 5 aliphatic rings. The molecule has 5 aliphatic carbocycles. The Morgan fingerprint density at radius 3 is 2.21 bits per heavy atom. The van der Waals surface area contributed by atoms with E-state index in [0.717, 1.165) is 64.2 Å². The molecule has 192 valence electrons. The Labute approximate surface area is 206 Å². The van der Waals surface area contributed by atoms with Crippen molar-refractivity contribution in [3.8, 4) is 0 Å². The van der Waals surface area contributed by atoms with Gasteiger partial charge in [-0.25, -0.2) is 0 Å². The summed E-state index contributed by atoms with van der Waals surface area (Å²) < 4.78 is 0. The summed E-state index contributed by atoms with van der Waals surface area (Å²) in [4.78, 5) is 12.8. The summed E-state index contributed by atoms with van der Waals surface area (Å²) in [5.41, 5.74) is 0.586. The van der Waals surface area contributed by atoms with Crippen molar-refractivity contribution < 1.29 is 20.1 Å². The molecule has 0 aromatic heterocycles. The average Bonchev–Trinajstić information content (AvgIpc) is 3.18. The van der Waals surface area contributed by atoms with Gasteiger partial charge in [-0.1, -0.05) is 39.8 Å². The largest absolute Gasteiger partial charge is 0.481 e. The Balaban J connectivity index is 1.56. The fraction of sp³-hybridized carbons (Fsp3) is 0.900. The second-order valence-corrected chi connectivity index (χ2v) is 14.4. The lowest BCUT2D eigenvalue weighted by atomic mass is 9.32. The molecular weight excluding hydrogens is 424 g/mol. The Morgan fingerprint density at radius 2 is 1.59 bits per heavy atom. The maximum atomic E-state index is 12.8. The van der Waals surface area contributed by atoms with Gasteiger partial charge < -0.3 is 15.3 Å². The molecule has 0 aromatic carbocycles. The lowest BCUT2D eigenvalue weighted by Crippen LogP contribution is -2.67. The van der Waals surface area contributed by atoms with E-state index < -0.39 is 22.9 Å². The van der Waals surface area contributed by atoms with Gasteiger partial charge in [0.15, 0.2) is 0 Å². The van der Waals surface area contributed by atoms with Crippen LogP contribution in [0, 0.1) is 56.7 Å². The van der Waals surface area contributed by atoms with Gasteiger partial charge in [0.25, 0.3) is 0 Å². The highest BCUT2D eigenvalue weighted by atomic mass is 16.4. The van der Waals surface area contributed by atoms with Gasteiger partial charge in [0.05, 0.1) is 18.1 Å². The van der Waals surface area contributed by atoms with Crippen LogP contribution in [0.1, 0.15) is 98.8 Å². The Morgan fingerprint density at radius 1 is 0.882 bits per heavy atom. The van der Waals surface area contributed by atoms with Crippen molar-refractivity contribution in [2.24, 2.45) is 56.7 Å². The number of fused-ring (bicyclic) bond motifs is 7. The van der Waals surface area contributed by atoms with Gasteiger partial charge >= 0.3 is 5.97 Å². The zero-order valence-electron chi connectivity index (χ0n) is 22.2. The third-order valence-corrected chi connectivity index (χ3v) is 13.6. The molecule has 0 aromatic rings. The van der Waals surface area contributed by atoms with E-state index in [4.69, 9.17) is 0 Å². The van der Waals surface area contributed by atoms with Crippen LogP contribution in [0.4, 0.5) is 0 Å². The molecule has 3 N–H and O–H groups in total. The lowest BCUT2D eigenvalue weighted by Gasteiger charge is -2.72. The molecule has 4 nitrogen and oxygen atoms in total. The first-order valence-electron chi connectivity index (χ1n) is 14.0. The highest BCUT2D eigenvalue weighted by molar-refractivity contribution is 5.76. The molecule has 5 fully saturated rings. The summed E-state index contributed by atoms with van der Waals surface area (Å²) in [6.07, 6.45) is 9.43. The summed E-state index contributed by atoms with van der Waals surface area (Å²) in [5.74, 6) is 1.30. The van der Waals surface area contributed by atoms with Crippen molar-refractivity contribution in [3.05, 3.63) is 12.2 Å². The summed E-state index contributed by atoms with van der Waals surface area (Å²) in [7, 11) is 0. The van der Waals surface area contributed by atoms with Gasteiger partial charge in [0.1, 0.15) is 0 Å². The minimum Gasteiger partial charge on any atom is -0.481 e. The quantitative estimate of drug-likeness (QED) is 0.436. The summed E-state index contributed by atoms with van der Waals surface area (Å²) in [6, 6.07) is 0. The van der Waals surface area contributed by atoms with Crippen LogP contribution in [0.3, 0.4) is 0 Å². The van der Waals surface area contributed by atoms with Gasteiger partial charge in [-0.3, -0.25) is 4.79 Å². The average molecular weight is 473 g/mol. The molecule has 0 aliphatic heterocycles. The van der Waals surface area contributed by atoms with Crippen molar-refractivity contribution in [1.82, 2.24) is 0 Å². The molecule has 11 atom stereocenters. The molecule has 34 heavy (non-hydrogen) atoms. The van der Waals surface area contributed by atoms with Crippen molar-refractivity contribution in [1.29, 1.82) is 0 Å². The van der Waals surface area contributed by atoms with Gasteiger partial charge in [0, 0.05) is 5.41 Å². The van der Waals surface area contributed by atoms with Crippen LogP contribution in [-0.4, -0.2) is 34.0 Å². The molecular formula is C30H48O4. The van der Waals surface area contributed by atoms with E-state index in [1.54, 1.807) is 0 Å². The monoisotopic (exact) mass is 472 g/mol. The topological polar surface area (TPSA) is 77.8 Å². The van der Waals surface area contributed by atoms with E-state index in [9.17, 15) is 20.1 Å². The van der Waals surface area contributed by atoms with Crippen molar-refractivity contribution in [2.75, 3.05) is 6.61 Å². The number of carboxylic acids is 1. The molecule has 0 radical (unpaired) electrons. The predicted octanol–water partition coefficient (Wildman–Crippen LogP) is 6.06. The summed E-state index contributed by atoms with van der Waals surface area (Å²) in [5, 5.41) is 31.8. The smallest absolute Gasteiger partial charge is 0.309 e. The van der Waals surface area contributed by atoms with E-state index in [1.807, 2.05) is 0 Å².